The number of aryl methyl sites for hydroxylation is 1. The van der Waals surface area contributed by atoms with Crippen molar-refractivity contribution in [3.05, 3.63) is 34.9 Å². The van der Waals surface area contributed by atoms with Crippen LogP contribution in [0, 0.1) is 0 Å². The van der Waals surface area contributed by atoms with Gasteiger partial charge in [0.1, 0.15) is 0 Å². The van der Waals surface area contributed by atoms with Gasteiger partial charge in [0.2, 0.25) is 0 Å². The first kappa shape index (κ1) is 17.5. The molecule has 0 saturated carbocycles. The lowest BCUT2D eigenvalue weighted by Gasteiger charge is -2.24. The highest BCUT2D eigenvalue weighted by Gasteiger charge is 2.41. The zero-order chi connectivity index (χ0) is 18.4. The fourth-order valence-corrected chi connectivity index (χ4v) is 3.29. The van der Waals surface area contributed by atoms with Crippen molar-refractivity contribution in [1.29, 1.82) is 0 Å². The van der Waals surface area contributed by atoms with Crippen LogP contribution < -0.4 is 5.32 Å². The molecule has 1 amide bonds. The van der Waals surface area contributed by atoms with Gasteiger partial charge in [-0.2, -0.15) is 23.4 Å². The third kappa shape index (κ3) is 3.14. The summed E-state index contributed by atoms with van der Waals surface area (Å²) < 4.78 is 42.9. The minimum absolute atomic E-state index is 0.339. The third-order valence-corrected chi connectivity index (χ3v) is 4.48. The second kappa shape index (κ2) is 6.20. The Morgan fingerprint density at radius 3 is 2.68 bits per heavy atom. The van der Waals surface area contributed by atoms with Crippen molar-refractivity contribution >= 4 is 5.91 Å². The van der Waals surface area contributed by atoms with Crippen LogP contribution in [0.25, 0.3) is 0 Å². The summed E-state index contributed by atoms with van der Waals surface area (Å²) in [4.78, 5) is 12.5. The molecule has 0 bridgehead atoms. The van der Waals surface area contributed by atoms with Gasteiger partial charge in [-0.1, -0.05) is 0 Å². The van der Waals surface area contributed by atoms with Gasteiger partial charge in [0.15, 0.2) is 5.69 Å². The minimum Gasteiger partial charge on any atom is -0.345 e. The van der Waals surface area contributed by atoms with Crippen LogP contribution in [0.5, 0.6) is 0 Å². The average molecular weight is 355 g/mol. The van der Waals surface area contributed by atoms with E-state index in [4.69, 9.17) is 0 Å². The van der Waals surface area contributed by atoms with Crippen molar-refractivity contribution in [2.75, 3.05) is 0 Å². The van der Waals surface area contributed by atoms with Crippen LogP contribution in [0.4, 0.5) is 13.2 Å². The molecule has 0 aromatic carbocycles. The number of nitrogens with one attached hydrogen (secondary N) is 1. The maximum atomic E-state index is 13.4. The zero-order valence-corrected chi connectivity index (χ0v) is 14.3. The Balaban J connectivity index is 1.90. The summed E-state index contributed by atoms with van der Waals surface area (Å²) in [6.07, 6.45) is 0.364. The molecule has 2 heterocycles. The predicted molar refractivity (Wildman–Crippen MR) is 84.0 cm³/mol. The van der Waals surface area contributed by atoms with Crippen LogP contribution in [0.15, 0.2) is 12.4 Å². The highest BCUT2D eigenvalue weighted by molar-refractivity contribution is 5.95. The smallest absolute Gasteiger partial charge is 0.345 e. The maximum Gasteiger partial charge on any atom is 0.433 e. The minimum atomic E-state index is -4.65. The Morgan fingerprint density at radius 2 is 2.04 bits per heavy atom. The molecule has 2 aromatic heterocycles. The molecule has 1 atom stereocenters. The van der Waals surface area contributed by atoms with Crippen LogP contribution in [-0.4, -0.2) is 25.5 Å². The molecule has 136 valence electrons. The van der Waals surface area contributed by atoms with Gasteiger partial charge in [0.25, 0.3) is 5.91 Å². The molecular weight excluding hydrogens is 335 g/mol. The molecule has 6 nitrogen and oxygen atoms in total. The predicted octanol–water partition coefficient (Wildman–Crippen LogP) is 3.02. The molecule has 1 unspecified atom stereocenters. The molecule has 3 rings (SSSR count). The molecule has 9 heteroatoms. The van der Waals surface area contributed by atoms with Crippen LogP contribution in [0.1, 0.15) is 66.1 Å². The Morgan fingerprint density at radius 1 is 1.32 bits per heavy atom. The van der Waals surface area contributed by atoms with Gasteiger partial charge < -0.3 is 5.32 Å². The van der Waals surface area contributed by atoms with E-state index in [1.807, 2.05) is 7.05 Å². The lowest BCUT2D eigenvalue weighted by atomic mass is 9.93. The normalized spacial score (nSPS) is 17.6. The maximum absolute atomic E-state index is 13.4. The molecule has 0 aliphatic heterocycles. The highest BCUT2D eigenvalue weighted by Crippen LogP contribution is 2.34. The fraction of sp³-hybridized carbons (Fsp3) is 0.562. The number of fused-ring (bicyclic) bond motifs is 1. The van der Waals surface area contributed by atoms with Gasteiger partial charge in [0.05, 0.1) is 24.0 Å². The first-order valence-electron chi connectivity index (χ1n) is 8.16. The first-order valence-corrected chi connectivity index (χ1v) is 8.16. The molecule has 1 aliphatic rings. The van der Waals surface area contributed by atoms with Crippen molar-refractivity contribution in [2.45, 2.75) is 51.4 Å². The summed E-state index contributed by atoms with van der Waals surface area (Å²) in [6.45, 7) is 3.18. The van der Waals surface area contributed by atoms with E-state index in [0.29, 0.717) is 6.42 Å². The van der Waals surface area contributed by atoms with E-state index >= 15 is 0 Å². The van der Waals surface area contributed by atoms with Gasteiger partial charge in [-0.05, 0) is 33.1 Å². The molecule has 25 heavy (non-hydrogen) atoms. The summed E-state index contributed by atoms with van der Waals surface area (Å²) in [5.74, 6) is -0.763. The lowest BCUT2D eigenvalue weighted by Crippen LogP contribution is -2.32. The van der Waals surface area contributed by atoms with E-state index in [1.165, 1.54) is 0 Å². The van der Waals surface area contributed by atoms with E-state index in [1.54, 1.807) is 24.7 Å². The molecule has 0 fully saturated rings. The largest absolute Gasteiger partial charge is 0.433 e. The number of rotatable bonds is 3. The van der Waals surface area contributed by atoms with Gasteiger partial charge >= 0.3 is 6.18 Å². The second-order valence-electron chi connectivity index (χ2n) is 6.53. The number of carbonyl (C=O) groups excluding carboxylic acids is 1. The summed E-state index contributed by atoms with van der Waals surface area (Å²) in [7, 11) is 1.82. The topological polar surface area (TPSA) is 64.7 Å². The van der Waals surface area contributed by atoms with Gasteiger partial charge in [0, 0.05) is 24.3 Å². The van der Waals surface area contributed by atoms with Crippen LogP contribution in [0.2, 0.25) is 0 Å². The zero-order valence-electron chi connectivity index (χ0n) is 14.3. The Kier molecular flexibility index (Phi) is 4.34. The Hall–Kier alpha value is -2.32. The first-order chi connectivity index (χ1) is 11.7. The van der Waals surface area contributed by atoms with Gasteiger partial charge in [-0.3, -0.25) is 14.2 Å². The summed E-state index contributed by atoms with van der Waals surface area (Å²) >= 11 is 0. The molecule has 0 radical (unpaired) electrons. The summed E-state index contributed by atoms with van der Waals surface area (Å²) in [5, 5.41) is 10.7. The lowest BCUT2D eigenvalue weighted by molar-refractivity contribution is -0.145. The number of halogens is 3. The third-order valence-electron chi connectivity index (χ3n) is 4.48. The van der Waals surface area contributed by atoms with Crippen LogP contribution in [-0.2, 0) is 19.6 Å². The standard InChI is InChI=1S/C16H20F3N5O/c1-9(2)24-14(16(17,18)19)11(8-21-24)15(25)22-12-5-4-6-13-10(12)7-20-23(13)3/h7-9,12H,4-6H2,1-3H3,(H,22,25). The molecule has 0 saturated heterocycles. The monoisotopic (exact) mass is 355 g/mol. The summed E-state index contributed by atoms with van der Waals surface area (Å²) in [5.41, 5.74) is 0.414. The molecule has 0 spiro atoms. The highest BCUT2D eigenvalue weighted by atomic mass is 19.4. The molecule has 2 aromatic rings. The van der Waals surface area contributed by atoms with Crippen LogP contribution in [0.3, 0.4) is 0 Å². The van der Waals surface area contributed by atoms with Crippen molar-refractivity contribution in [2.24, 2.45) is 7.05 Å². The van der Waals surface area contributed by atoms with Crippen LogP contribution >= 0.6 is 0 Å². The Bertz CT molecular complexity index is 790. The van der Waals surface area contributed by atoms with Crippen molar-refractivity contribution in [1.82, 2.24) is 24.9 Å². The number of hydrogen-bond acceptors (Lipinski definition) is 3. The van der Waals surface area contributed by atoms with E-state index < -0.39 is 29.4 Å². The fourth-order valence-electron chi connectivity index (χ4n) is 3.29. The Labute approximate surface area is 143 Å². The average Bonchev–Trinajstić information content (AvgIpc) is 3.12. The van der Waals surface area contributed by atoms with Crippen molar-refractivity contribution < 1.29 is 18.0 Å². The van der Waals surface area contributed by atoms with E-state index in [9.17, 15) is 18.0 Å². The number of carbonyl (C=O) groups is 1. The SMILES string of the molecule is CC(C)n1ncc(C(=O)NC2CCCc3c2cnn3C)c1C(F)(F)F. The van der Waals surface area contributed by atoms with Crippen molar-refractivity contribution in [3.8, 4) is 0 Å². The van der Waals surface area contributed by atoms with E-state index in [2.05, 4.69) is 15.5 Å². The second-order valence-corrected chi connectivity index (χ2v) is 6.53. The van der Waals surface area contributed by atoms with Gasteiger partial charge in [-0.25, -0.2) is 0 Å². The van der Waals surface area contributed by atoms with E-state index in [-0.39, 0.29) is 6.04 Å². The molecule has 1 aliphatic carbocycles. The number of nitrogens with zero attached hydrogens (tertiary/aromatic N) is 4. The number of hydrogen-bond donors (Lipinski definition) is 1. The molecular formula is C16H20F3N5O. The van der Waals surface area contributed by atoms with Crippen molar-refractivity contribution in [3.63, 3.8) is 0 Å². The molecule has 1 N–H and O–H groups in total. The number of amides is 1. The summed E-state index contributed by atoms with van der Waals surface area (Å²) in [6, 6.07) is -0.841. The van der Waals surface area contributed by atoms with Gasteiger partial charge in [-0.15, -0.1) is 0 Å². The number of aromatic nitrogens is 4. The number of alkyl halides is 3. The quantitative estimate of drug-likeness (QED) is 0.920. The van der Waals surface area contributed by atoms with E-state index in [0.717, 1.165) is 35.0 Å².